The minimum Gasteiger partial charge on any atom is -0.294 e. The van der Waals surface area contributed by atoms with Crippen LogP contribution in [0.4, 0.5) is 0 Å². The number of hydrogen-bond donors (Lipinski definition) is 0. The van der Waals surface area contributed by atoms with E-state index in [0.29, 0.717) is 0 Å². The van der Waals surface area contributed by atoms with Gasteiger partial charge in [0.25, 0.3) is 0 Å². The number of Topliss-reactive ketones (excluding diaryl/α,β-unsaturated/α-hetero) is 1. The third kappa shape index (κ3) is 2.88. The van der Waals surface area contributed by atoms with E-state index in [-0.39, 0.29) is 11.2 Å². The number of carbonyl (C=O) groups is 1. The molecule has 2 nitrogen and oxygen atoms in total. The molecule has 3 heteroatoms. The molecule has 0 atom stereocenters. The van der Waals surface area contributed by atoms with Gasteiger partial charge < -0.3 is 0 Å². The van der Waals surface area contributed by atoms with Crippen molar-refractivity contribution in [3.8, 4) is 0 Å². The summed E-state index contributed by atoms with van der Waals surface area (Å²) < 4.78 is 0. The van der Waals surface area contributed by atoms with Crippen molar-refractivity contribution in [2.45, 2.75) is 52.9 Å². The van der Waals surface area contributed by atoms with Gasteiger partial charge in [0.05, 0.1) is 15.6 Å². The first-order valence-corrected chi connectivity index (χ1v) is 6.19. The highest BCUT2D eigenvalue weighted by atomic mass is 32.1. The van der Waals surface area contributed by atoms with Gasteiger partial charge >= 0.3 is 0 Å². The number of carbonyl (C=O) groups excluding carboxylic acids is 1. The standard InChI is InChI=1S/C12H19NOS/c1-6-7-9-13-11(12(3,4)5)10(15-9)8(2)14/h6-7H2,1-5H3. The van der Waals surface area contributed by atoms with Crippen LogP contribution in [0.25, 0.3) is 0 Å². The Bertz CT molecular complexity index is 360. The predicted octanol–water partition coefficient (Wildman–Crippen LogP) is 3.60. The zero-order valence-electron chi connectivity index (χ0n) is 10.2. The van der Waals surface area contributed by atoms with Crippen LogP contribution in [0.2, 0.25) is 0 Å². The largest absolute Gasteiger partial charge is 0.294 e. The summed E-state index contributed by atoms with van der Waals surface area (Å²) in [5.74, 6) is 0.139. The molecule has 15 heavy (non-hydrogen) atoms. The van der Waals surface area contributed by atoms with E-state index in [4.69, 9.17) is 0 Å². The fraction of sp³-hybridized carbons (Fsp3) is 0.667. The normalized spacial score (nSPS) is 11.8. The lowest BCUT2D eigenvalue weighted by atomic mass is 9.91. The molecule has 1 heterocycles. The fourth-order valence-corrected chi connectivity index (χ4v) is 2.70. The van der Waals surface area contributed by atoms with E-state index in [1.54, 1.807) is 18.3 Å². The average Bonchev–Trinajstić information content (AvgIpc) is 2.48. The first-order chi connectivity index (χ1) is 6.86. The second-order valence-corrected chi connectivity index (χ2v) is 5.93. The topological polar surface area (TPSA) is 30.0 Å². The average molecular weight is 225 g/mol. The van der Waals surface area contributed by atoms with E-state index in [1.807, 2.05) is 0 Å². The van der Waals surface area contributed by atoms with Crippen molar-refractivity contribution in [1.82, 2.24) is 4.98 Å². The van der Waals surface area contributed by atoms with Crippen molar-refractivity contribution in [1.29, 1.82) is 0 Å². The van der Waals surface area contributed by atoms with Gasteiger partial charge in [-0.2, -0.15) is 0 Å². The van der Waals surface area contributed by atoms with Gasteiger partial charge in [-0.1, -0.05) is 27.7 Å². The molecule has 0 aliphatic heterocycles. The minimum absolute atomic E-state index is 0.0382. The lowest BCUT2D eigenvalue weighted by Gasteiger charge is -2.16. The van der Waals surface area contributed by atoms with Crippen molar-refractivity contribution in [3.63, 3.8) is 0 Å². The van der Waals surface area contributed by atoms with Crippen LogP contribution in [-0.4, -0.2) is 10.8 Å². The molecule has 0 N–H and O–H groups in total. The number of rotatable bonds is 3. The smallest absolute Gasteiger partial charge is 0.171 e. The van der Waals surface area contributed by atoms with Gasteiger partial charge in [0.1, 0.15) is 0 Å². The molecule has 0 bridgehead atoms. The van der Waals surface area contributed by atoms with E-state index < -0.39 is 0 Å². The highest BCUT2D eigenvalue weighted by molar-refractivity contribution is 7.13. The quantitative estimate of drug-likeness (QED) is 0.736. The monoisotopic (exact) mass is 225 g/mol. The summed E-state index contributed by atoms with van der Waals surface area (Å²) in [5.41, 5.74) is 0.923. The van der Waals surface area contributed by atoms with E-state index in [1.165, 1.54) is 0 Å². The van der Waals surface area contributed by atoms with Crippen molar-refractivity contribution < 1.29 is 4.79 Å². The minimum atomic E-state index is -0.0382. The zero-order valence-corrected chi connectivity index (χ0v) is 11.0. The third-order valence-corrected chi connectivity index (χ3v) is 3.38. The lowest BCUT2D eigenvalue weighted by molar-refractivity contribution is 0.101. The summed E-state index contributed by atoms with van der Waals surface area (Å²) in [4.78, 5) is 16.9. The highest BCUT2D eigenvalue weighted by Gasteiger charge is 2.24. The fourth-order valence-electron chi connectivity index (χ4n) is 1.43. The van der Waals surface area contributed by atoms with Crippen LogP contribution in [0.15, 0.2) is 0 Å². The Balaban J connectivity index is 3.18. The van der Waals surface area contributed by atoms with Crippen LogP contribution in [0.5, 0.6) is 0 Å². The Labute approximate surface area is 95.7 Å². The van der Waals surface area contributed by atoms with Crippen LogP contribution >= 0.6 is 11.3 Å². The summed E-state index contributed by atoms with van der Waals surface area (Å²) in [5, 5.41) is 1.09. The van der Waals surface area contributed by atoms with Gasteiger partial charge in [-0.25, -0.2) is 4.98 Å². The van der Waals surface area contributed by atoms with E-state index >= 15 is 0 Å². The second kappa shape index (κ2) is 4.44. The highest BCUT2D eigenvalue weighted by Crippen LogP contribution is 2.30. The molecule has 0 aliphatic rings. The third-order valence-electron chi connectivity index (χ3n) is 2.17. The van der Waals surface area contributed by atoms with E-state index in [0.717, 1.165) is 28.4 Å². The molecule has 0 amide bonds. The number of aromatic nitrogens is 1. The molecule has 0 unspecified atom stereocenters. The van der Waals surface area contributed by atoms with Gasteiger partial charge in [-0.15, -0.1) is 11.3 Å². The van der Waals surface area contributed by atoms with Crippen LogP contribution in [0, 0.1) is 0 Å². The molecule has 1 rings (SSSR count). The number of hydrogen-bond acceptors (Lipinski definition) is 3. The van der Waals surface area contributed by atoms with Gasteiger partial charge in [0.2, 0.25) is 0 Å². The van der Waals surface area contributed by atoms with Crippen molar-refractivity contribution in [2.75, 3.05) is 0 Å². The van der Waals surface area contributed by atoms with Crippen LogP contribution in [0.1, 0.15) is 61.4 Å². The van der Waals surface area contributed by atoms with E-state index in [2.05, 4.69) is 32.7 Å². The summed E-state index contributed by atoms with van der Waals surface area (Å²) in [7, 11) is 0. The number of thiazole rings is 1. The summed E-state index contributed by atoms with van der Waals surface area (Å²) in [6.07, 6.45) is 2.05. The maximum absolute atomic E-state index is 11.5. The molecule has 1 aromatic heterocycles. The molecule has 0 fully saturated rings. The maximum Gasteiger partial charge on any atom is 0.171 e. The molecule has 84 valence electrons. The van der Waals surface area contributed by atoms with Crippen molar-refractivity contribution in [2.24, 2.45) is 0 Å². The Morgan fingerprint density at radius 1 is 1.40 bits per heavy atom. The Hall–Kier alpha value is -0.700. The maximum atomic E-state index is 11.5. The summed E-state index contributed by atoms with van der Waals surface area (Å²) in [6.45, 7) is 10.1. The second-order valence-electron chi connectivity index (χ2n) is 4.84. The number of ketones is 1. The van der Waals surface area contributed by atoms with E-state index in [9.17, 15) is 4.79 Å². The predicted molar refractivity (Wildman–Crippen MR) is 64.8 cm³/mol. The molecular weight excluding hydrogens is 206 g/mol. The van der Waals surface area contributed by atoms with Crippen molar-refractivity contribution in [3.05, 3.63) is 15.6 Å². The molecule has 0 radical (unpaired) electrons. The molecule has 1 aromatic rings. The van der Waals surface area contributed by atoms with Gasteiger partial charge in [-0.3, -0.25) is 4.79 Å². The summed E-state index contributed by atoms with van der Waals surface area (Å²) >= 11 is 1.56. The van der Waals surface area contributed by atoms with Crippen LogP contribution in [0.3, 0.4) is 0 Å². The Morgan fingerprint density at radius 2 is 2.00 bits per heavy atom. The van der Waals surface area contributed by atoms with Gasteiger partial charge in [-0.05, 0) is 12.8 Å². The molecule has 0 aromatic carbocycles. The van der Waals surface area contributed by atoms with Crippen LogP contribution in [-0.2, 0) is 11.8 Å². The molecular formula is C12H19NOS. The number of nitrogens with zero attached hydrogens (tertiary/aromatic N) is 1. The van der Waals surface area contributed by atoms with Crippen LogP contribution < -0.4 is 0 Å². The van der Waals surface area contributed by atoms with Gasteiger partial charge in [0, 0.05) is 12.3 Å². The molecule has 0 saturated carbocycles. The first-order valence-electron chi connectivity index (χ1n) is 5.37. The first kappa shape index (κ1) is 12.4. The lowest BCUT2D eigenvalue weighted by Crippen LogP contribution is -2.15. The molecule has 0 spiro atoms. The zero-order chi connectivity index (χ0) is 11.6. The summed E-state index contributed by atoms with van der Waals surface area (Å²) in [6, 6.07) is 0. The number of aryl methyl sites for hydroxylation is 1. The Morgan fingerprint density at radius 3 is 2.33 bits per heavy atom. The SMILES string of the molecule is CCCc1nc(C(C)(C)C)c(C(C)=O)s1. The Kier molecular flexibility index (Phi) is 3.66. The molecule has 0 aliphatic carbocycles. The van der Waals surface area contributed by atoms with Crippen molar-refractivity contribution >= 4 is 17.1 Å². The van der Waals surface area contributed by atoms with Gasteiger partial charge in [0.15, 0.2) is 5.78 Å². The molecule has 0 saturated heterocycles.